The molecule has 0 aliphatic rings. The minimum absolute atomic E-state index is 0.0136. The zero-order chi connectivity index (χ0) is 16.2. The van der Waals surface area contributed by atoms with Crippen molar-refractivity contribution in [2.24, 2.45) is 0 Å². The van der Waals surface area contributed by atoms with Gasteiger partial charge in [0.15, 0.2) is 0 Å². The molecule has 3 aromatic rings. The molecule has 0 bridgehead atoms. The monoisotopic (exact) mass is 307 g/mol. The Hall–Kier alpha value is -2.62. The molecule has 1 heterocycles. The molecule has 0 fully saturated rings. The van der Waals surface area contributed by atoms with E-state index in [4.69, 9.17) is 4.98 Å². The molecule has 1 amide bonds. The molecule has 0 radical (unpaired) electrons. The van der Waals surface area contributed by atoms with E-state index in [0.29, 0.717) is 0 Å². The molecule has 0 aliphatic heterocycles. The van der Waals surface area contributed by atoms with Crippen molar-refractivity contribution < 1.29 is 4.79 Å². The molecule has 0 saturated carbocycles. The Kier molecular flexibility index (Phi) is 4.42. The van der Waals surface area contributed by atoms with Crippen LogP contribution >= 0.6 is 0 Å². The summed E-state index contributed by atoms with van der Waals surface area (Å²) in [5.74, 6) is 0.839. The van der Waals surface area contributed by atoms with Gasteiger partial charge in [-0.3, -0.25) is 4.79 Å². The fraction of sp³-hybridized carbons (Fsp3) is 0.263. The predicted octanol–water partition coefficient (Wildman–Crippen LogP) is 3.62. The van der Waals surface area contributed by atoms with E-state index in [9.17, 15) is 4.79 Å². The summed E-state index contributed by atoms with van der Waals surface area (Å²) in [6.45, 7) is 4.35. The lowest BCUT2D eigenvalue weighted by Crippen LogP contribution is -2.34. The maximum atomic E-state index is 12.3. The van der Waals surface area contributed by atoms with Crippen LogP contribution in [0.1, 0.15) is 20.3 Å². The number of hydrogen-bond donors (Lipinski definition) is 1. The second kappa shape index (κ2) is 6.65. The van der Waals surface area contributed by atoms with Crippen molar-refractivity contribution in [2.75, 3.05) is 0 Å². The summed E-state index contributed by atoms with van der Waals surface area (Å²) in [7, 11) is 0. The Morgan fingerprint density at radius 2 is 1.83 bits per heavy atom. The maximum absolute atomic E-state index is 12.3. The number of benzene rings is 2. The molecule has 23 heavy (non-hydrogen) atoms. The van der Waals surface area contributed by atoms with E-state index in [0.717, 1.165) is 28.8 Å². The van der Waals surface area contributed by atoms with Crippen molar-refractivity contribution in [1.82, 2.24) is 14.9 Å². The van der Waals surface area contributed by atoms with Gasteiger partial charge in [0.1, 0.15) is 12.4 Å². The van der Waals surface area contributed by atoms with Gasteiger partial charge in [0, 0.05) is 11.6 Å². The van der Waals surface area contributed by atoms with Crippen LogP contribution < -0.4 is 5.32 Å². The number of hydrogen-bond acceptors (Lipinski definition) is 2. The average Bonchev–Trinajstić information content (AvgIpc) is 2.94. The van der Waals surface area contributed by atoms with Crippen molar-refractivity contribution in [3.05, 3.63) is 54.6 Å². The van der Waals surface area contributed by atoms with Crippen LogP contribution in [0.4, 0.5) is 0 Å². The van der Waals surface area contributed by atoms with Crippen LogP contribution in [0, 0.1) is 0 Å². The number of aromatic nitrogens is 2. The van der Waals surface area contributed by atoms with Crippen molar-refractivity contribution in [3.8, 4) is 11.4 Å². The van der Waals surface area contributed by atoms with Crippen LogP contribution in [0.15, 0.2) is 54.6 Å². The number of imidazole rings is 1. The van der Waals surface area contributed by atoms with Crippen molar-refractivity contribution in [2.45, 2.75) is 32.9 Å². The summed E-state index contributed by atoms with van der Waals surface area (Å²) in [4.78, 5) is 17.1. The minimum atomic E-state index is 0.0136. The molecule has 4 heteroatoms. The largest absolute Gasteiger partial charge is 0.352 e. The first kappa shape index (κ1) is 15.3. The SMILES string of the molecule is CCC(C)NC(=O)Cn1c(-c2ccccc2)nc2ccccc21. The number of carbonyl (C=O) groups is 1. The van der Waals surface area contributed by atoms with E-state index in [1.54, 1.807) is 0 Å². The summed E-state index contributed by atoms with van der Waals surface area (Å²) >= 11 is 0. The number of nitrogens with one attached hydrogen (secondary N) is 1. The summed E-state index contributed by atoms with van der Waals surface area (Å²) in [5, 5.41) is 3.02. The van der Waals surface area contributed by atoms with Gasteiger partial charge in [-0.15, -0.1) is 0 Å². The quantitative estimate of drug-likeness (QED) is 0.782. The average molecular weight is 307 g/mol. The van der Waals surface area contributed by atoms with Gasteiger partial charge in [0.25, 0.3) is 0 Å². The first-order valence-electron chi connectivity index (χ1n) is 7.99. The highest BCUT2D eigenvalue weighted by molar-refractivity contribution is 5.84. The number of nitrogens with zero attached hydrogens (tertiary/aromatic N) is 2. The molecule has 1 N–H and O–H groups in total. The van der Waals surface area contributed by atoms with Crippen LogP contribution in [-0.2, 0) is 11.3 Å². The van der Waals surface area contributed by atoms with Gasteiger partial charge < -0.3 is 9.88 Å². The number of rotatable bonds is 5. The van der Waals surface area contributed by atoms with E-state index in [-0.39, 0.29) is 18.5 Å². The lowest BCUT2D eigenvalue weighted by Gasteiger charge is -2.13. The van der Waals surface area contributed by atoms with Gasteiger partial charge in [-0.1, -0.05) is 49.4 Å². The van der Waals surface area contributed by atoms with Crippen molar-refractivity contribution in [1.29, 1.82) is 0 Å². The third kappa shape index (κ3) is 3.26. The fourth-order valence-corrected chi connectivity index (χ4v) is 2.61. The summed E-state index contributed by atoms with van der Waals surface area (Å²) in [6.07, 6.45) is 0.919. The fourth-order valence-electron chi connectivity index (χ4n) is 2.61. The molecule has 1 atom stereocenters. The molecule has 118 valence electrons. The van der Waals surface area contributed by atoms with Gasteiger partial charge in [-0.2, -0.15) is 0 Å². The molecule has 1 aromatic heterocycles. The maximum Gasteiger partial charge on any atom is 0.240 e. The van der Waals surface area contributed by atoms with Crippen LogP contribution in [0.25, 0.3) is 22.4 Å². The number of carbonyl (C=O) groups excluding carboxylic acids is 1. The standard InChI is InChI=1S/C19H21N3O/c1-3-14(2)20-18(23)13-22-17-12-8-7-11-16(17)21-19(22)15-9-5-4-6-10-15/h4-12,14H,3,13H2,1-2H3,(H,20,23). The molecular weight excluding hydrogens is 286 g/mol. The normalized spacial score (nSPS) is 12.3. The Bertz CT molecular complexity index is 808. The summed E-state index contributed by atoms with van der Waals surface area (Å²) in [5.41, 5.74) is 2.90. The molecule has 0 spiro atoms. The Morgan fingerprint density at radius 1 is 1.13 bits per heavy atom. The van der Waals surface area contributed by atoms with Gasteiger partial charge in [-0.25, -0.2) is 4.98 Å². The van der Waals surface area contributed by atoms with E-state index in [1.807, 2.05) is 66.1 Å². The van der Waals surface area contributed by atoms with Crippen LogP contribution in [-0.4, -0.2) is 21.5 Å². The molecule has 4 nitrogen and oxygen atoms in total. The number of amides is 1. The minimum Gasteiger partial charge on any atom is -0.352 e. The highest BCUT2D eigenvalue weighted by Crippen LogP contribution is 2.24. The highest BCUT2D eigenvalue weighted by atomic mass is 16.2. The zero-order valence-corrected chi connectivity index (χ0v) is 13.5. The summed E-state index contributed by atoms with van der Waals surface area (Å²) < 4.78 is 1.99. The second-order valence-corrected chi connectivity index (χ2v) is 5.75. The molecular formula is C19H21N3O. The third-order valence-electron chi connectivity index (χ3n) is 4.01. The molecule has 0 aliphatic carbocycles. The molecule has 1 unspecified atom stereocenters. The zero-order valence-electron chi connectivity index (χ0n) is 13.5. The molecule has 2 aromatic carbocycles. The topological polar surface area (TPSA) is 46.9 Å². The van der Waals surface area contributed by atoms with Gasteiger partial charge >= 0.3 is 0 Å². The van der Waals surface area contributed by atoms with Gasteiger partial charge in [0.2, 0.25) is 5.91 Å². The lowest BCUT2D eigenvalue weighted by molar-refractivity contribution is -0.122. The number of para-hydroxylation sites is 2. The van der Waals surface area contributed by atoms with Crippen molar-refractivity contribution >= 4 is 16.9 Å². The predicted molar refractivity (Wildman–Crippen MR) is 93.1 cm³/mol. The first-order valence-corrected chi connectivity index (χ1v) is 7.99. The van der Waals surface area contributed by atoms with Crippen LogP contribution in [0.3, 0.4) is 0 Å². The molecule has 3 rings (SSSR count). The first-order chi connectivity index (χ1) is 11.2. The lowest BCUT2D eigenvalue weighted by atomic mass is 10.2. The van der Waals surface area contributed by atoms with Gasteiger partial charge in [-0.05, 0) is 25.5 Å². The van der Waals surface area contributed by atoms with Crippen LogP contribution in [0.2, 0.25) is 0 Å². The highest BCUT2D eigenvalue weighted by Gasteiger charge is 2.15. The Morgan fingerprint density at radius 3 is 2.57 bits per heavy atom. The summed E-state index contributed by atoms with van der Waals surface area (Å²) in [6, 6.07) is 18.1. The van der Waals surface area contributed by atoms with E-state index in [2.05, 4.69) is 12.2 Å². The van der Waals surface area contributed by atoms with E-state index >= 15 is 0 Å². The third-order valence-corrected chi connectivity index (χ3v) is 4.01. The number of fused-ring (bicyclic) bond motifs is 1. The van der Waals surface area contributed by atoms with E-state index < -0.39 is 0 Å². The van der Waals surface area contributed by atoms with Crippen LogP contribution in [0.5, 0.6) is 0 Å². The smallest absolute Gasteiger partial charge is 0.240 e. The molecule has 0 saturated heterocycles. The Balaban J connectivity index is 2.02. The van der Waals surface area contributed by atoms with Gasteiger partial charge in [0.05, 0.1) is 11.0 Å². The Labute approximate surface area is 136 Å². The van der Waals surface area contributed by atoms with E-state index in [1.165, 1.54) is 0 Å². The second-order valence-electron chi connectivity index (χ2n) is 5.75. The van der Waals surface area contributed by atoms with Crippen molar-refractivity contribution in [3.63, 3.8) is 0 Å².